The van der Waals surface area contributed by atoms with Crippen LogP contribution in [-0.4, -0.2) is 92.2 Å². The van der Waals surface area contributed by atoms with Gasteiger partial charge in [-0.25, -0.2) is 22.9 Å². The highest BCUT2D eigenvalue weighted by atomic mass is 33.1. The van der Waals surface area contributed by atoms with Crippen molar-refractivity contribution in [2.75, 3.05) is 44.7 Å². The smallest absolute Gasteiger partial charge is 0.468 e. The second-order valence-electron chi connectivity index (χ2n) is 8.24. The number of hydrogen-bond donors (Lipinski definition) is 5. The van der Waals surface area contributed by atoms with Crippen molar-refractivity contribution in [1.82, 2.24) is 9.55 Å². The van der Waals surface area contributed by atoms with Crippen molar-refractivity contribution in [2.45, 2.75) is 25.6 Å². The van der Waals surface area contributed by atoms with Gasteiger partial charge in [0, 0.05) is 24.6 Å². The SMILES string of the molecule is CCOC(=O)C(C#N)(COCSSCCCO)COP(=O)(O)OC[C@H]1OC(n2ccc(=O)[nH]c2=O)=C(F)C1OP(=O)(O)O. The number of aliphatic hydroxyl groups is 1. The Labute approximate surface area is 250 Å². The monoisotopic (exact) mass is 695 g/mol. The number of aromatic amines is 1. The number of nitriles is 1. The van der Waals surface area contributed by atoms with E-state index in [2.05, 4.69) is 4.52 Å². The summed E-state index contributed by atoms with van der Waals surface area (Å²) in [5.41, 5.74) is -4.27. The van der Waals surface area contributed by atoms with E-state index < -0.39 is 82.0 Å². The molecule has 0 saturated carbocycles. The molecule has 0 saturated heterocycles. The predicted molar refractivity (Wildman–Crippen MR) is 146 cm³/mol. The number of nitrogens with zero attached hydrogens (tertiary/aromatic N) is 2. The first-order valence-electron chi connectivity index (χ1n) is 11.9. The number of rotatable bonds is 19. The van der Waals surface area contributed by atoms with Gasteiger partial charge in [-0.15, -0.1) is 0 Å². The number of phosphoric ester groups is 2. The van der Waals surface area contributed by atoms with Gasteiger partial charge < -0.3 is 34.0 Å². The number of nitrogens with one attached hydrogen (secondary N) is 1. The summed E-state index contributed by atoms with van der Waals surface area (Å²) < 4.78 is 68.9. The molecule has 0 radical (unpaired) electrons. The normalized spacial score (nSPS) is 19.7. The van der Waals surface area contributed by atoms with E-state index in [1.54, 1.807) is 6.07 Å². The fourth-order valence-corrected chi connectivity index (χ4v) is 6.10. The van der Waals surface area contributed by atoms with Crippen LogP contribution in [-0.2, 0) is 41.7 Å². The van der Waals surface area contributed by atoms with Crippen LogP contribution in [0, 0.1) is 16.7 Å². The molecule has 1 aromatic rings. The maximum Gasteiger partial charge on any atom is 0.472 e. The number of phosphoric acid groups is 2. The molecule has 18 nitrogen and oxygen atoms in total. The minimum absolute atomic E-state index is 0.00138. The van der Waals surface area contributed by atoms with Crippen molar-refractivity contribution in [3.8, 4) is 6.07 Å². The predicted octanol–water partition coefficient (Wildman–Crippen LogP) is 0.453. The van der Waals surface area contributed by atoms with E-state index >= 15 is 4.39 Å². The summed E-state index contributed by atoms with van der Waals surface area (Å²) >= 11 is 0. The van der Waals surface area contributed by atoms with Gasteiger partial charge in [-0.05, 0) is 13.3 Å². The second-order valence-corrected chi connectivity index (χ2v) is 13.4. The summed E-state index contributed by atoms with van der Waals surface area (Å²) in [4.78, 5) is 66.3. The van der Waals surface area contributed by atoms with Gasteiger partial charge >= 0.3 is 27.3 Å². The Bertz CT molecular complexity index is 1400. The standard InChI is InChI=1S/C20H28FN3O15P2S2/c1-2-35-18(27)20(9-22,10-34-12-43-42-7-3-6-25)11-37-41(32,33)36-8-13-16(39-40(29,30)31)15(21)17(38-13)24-5-4-14(26)23-19(24)28/h4-5,13,16,25H,2-3,6-8,10-12H2,1H3,(H,32,33)(H,23,26,28)(H2,29,30,31)/t13-,16?,20?/m1/s1. The highest BCUT2D eigenvalue weighted by Gasteiger charge is 2.47. The fourth-order valence-electron chi connectivity index (χ4n) is 3.08. The fraction of sp³-hybridized carbons (Fsp3) is 0.600. The van der Waals surface area contributed by atoms with Gasteiger partial charge in [-0.3, -0.25) is 28.1 Å². The van der Waals surface area contributed by atoms with E-state index in [0.29, 0.717) is 16.7 Å². The molecule has 5 N–H and O–H groups in total. The van der Waals surface area contributed by atoms with Crippen LogP contribution in [0.2, 0.25) is 0 Å². The van der Waals surface area contributed by atoms with Crippen molar-refractivity contribution in [2.24, 2.45) is 5.41 Å². The van der Waals surface area contributed by atoms with Crippen molar-refractivity contribution < 1.29 is 65.9 Å². The van der Waals surface area contributed by atoms with E-state index in [4.69, 9.17) is 28.4 Å². The van der Waals surface area contributed by atoms with Crippen LogP contribution in [0.3, 0.4) is 0 Å². The number of ether oxygens (including phenoxy) is 3. The van der Waals surface area contributed by atoms with Gasteiger partial charge in [0.15, 0.2) is 18.0 Å². The average molecular weight is 696 g/mol. The minimum Gasteiger partial charge on any atom is -0.468 e. The van der Waals surface area contributed by atoms with Crippen LogP contribution in [0.5, 0.6) is 0 Å². The van der Waals surface area contributed by atoms with Gasteiger partial charge in [0.1, 0.15) is 5.94 Å². The van der Waals surface area contributed by atoms with Gasteiger partial charge in [0.2, 0.25) is 11.3 Å². The lowest BCUT2D eigenvalue weighted by atomic mass is 9.92. The Hall–Kier alpha value is -2.05. The quantitative estimate of drug-likeness (QED) is 0.0432. The number of carbonyl (C=O) groups excluding carboxylic acids is 1. The van der Waals surface area contributed by atoms with E-state index in [1.807, 2.05) is 4.98 Å². The molecule has 4 atom stereocenters. The number of halogens is 1. The Morgan fingerprint density at radius 1 is 1.26 bits per heavy atom. The largest absolute Gasteiger partial charge is 0.472 e. The Balaban J connectivity index is 2.13. The number of esters is 1. The number of carbonyl (C=O) groups is 1. The first kappa shape index (κ1) is 37.1. The molecule has 1 aliphatic heterocycles. The maximum atomic E-state index is 15.1. The molecule has 23 heteroatoms. The van der Waals surface area contributed by atoms with Crippen molar-refractivity contribution in [3.63, 3.8) is 0 Å². The van der Waals surface area contributed by atoms with Crippen LogP contribution >= 0.6 is 37.2 Å². The van der Waals surface area contributed by atoms with Crippen molar-refractivity contribution in [3.05, 3.63) is 38.9 Å². The molecule has 0 aromatic carbocycles. The first-order valence-corrected chi connectivity index (χ1v) is 17.5. The molecule has 0 spiro atoms. The lowest BCUT2D eigenvalue weighted by Crippen LogP contribution is -2.40. The maximum absolute atomic E-state index is 15.1. The van der Waals surface area contributed by atoms with E-state index in [0.717, 1.165) is 12.3 Å². The molecule has 2 heterocycles. The molecule has 0 fully saturated rings. The molecular formula is C20H28FN3O15P2S2. The first-order chi connectivity index (χ1) is 20.2. The Kier molecular flexibility index (Phi) is 14.6. The molecule has 0 bridgehead atoms. The average Bonchev–Trinajstić information content (AvgIpc) is 3.22. The van der Waals surface area contributed by atoms with Crippen LogP contribution in [0.25, 0.3) is 5.88 Å². The molecule has 43 heavy (non-hydrogen) atoms. The molecule has 0 amide bonds. The van der Waals surface area contributed by atoms with Crippen LogP contribution in [0.1, 0.15) is 13.3 Å². The third kappa shape index (κ3) is 11.4. The number of H-pyrrole nitrogens is 1. The topological polar surface area (TPSA) is 266 Å². The Morgan fingerprint density at radius 3 is 2.58 bits per heavy atom. The number of hydrogen-bond acceptors (Lipinski definition) is 15. The summed E-state index contributed by atoms with van der Waals surface area (Å²) in [5, 5.41) is 18.5. The number of aromatic nitrogens is 2. The molecule has 2 rings (SSSR count). The minimum atomic E-state index is -5.40. The molecule has 0 aliphatic carbocycles. The van der Waals surface area contributed by atoms with Crippen molar-refractivity contribution >= 4 is 49.1 Å². The lowest BCUT2D eigenvalue weighted by molar-refractivity contribution is -0.156. The molecule has 1 aliphatic rings. The van der Waals surface area contributed by atoms with Gasteiger partial charge in [0.05, 0.1) is 32.5 Å². The molecular weight excluding hydrogens is 667 g/mol. The molecule has 3 unspecified atom stereocenters. The summed E-state index contributed by atoms with van der Waals surface area (Å²) in [6, 6.07) is 2.46. The third-order valence-electron chi connectivity index (χ3n) is 5.05. The van der Waals surface area contributed by atoms with E-state index in [1.165, 1.54) is 28.5 Å². The van der Waals surface area contributed by atoms with Crippen LogP contribution in [0.4, 0.5) is 4.39 Å². The zero-order valence-corrected chi connectivity index (χ0v) is 25.7. The van der Waals surface area contributed by atoms with Crippen molar-refractivity contribution in [1.29, 1.82) is 5.26 Å². The number of aliphatic hydroxyl groups excluding tert-OH is 1. The highest BCUT2D eigenvalue weighted by molar-refractivity contribution is 8.76. The van der Waals surface area contributed by atoms with E-state index in [-0.39, 0.29) is 19.2 Å². The lowest BCUT2D eigenvalue weighted by Gasteiger charge is -2.25. The van der Waals surface area contributed by atoms with Gasteiger partial charge in [-0.1, -0.05) is 21.6 Å². The van der Waals surface area contributed by atoms with Gasteiger partial charge in [-0.2, -0.15) is 5.26 Å². The van der Waals surface area contributed by atoms with E-state index in [9.17, 15) is 43.5 Å². The summed E-state index contributed by atoms with van der Waals surface area (Å²) in [7, 11) is -8.04. The van der Waals surface area contributed by atoms with Crippen LogP contribution < -0.4 is 11.2 Å². The van der Waals surface area contributed by atoms with Gasteiger partial charge in [0.25, 0.3) is 5.56 Å². The highest BCUT2D eigenvalue weighted by Crippen LogP contribution is 2.48. The molecule has 242 valence electrons. The molecule has 1 aromatic heterocycles. The summed E-state index contributed by atoms with van der Waals surface area (Å²) in [6.45, 7) is -1.52. The Morgan fingerprint density at radius 2 is 1.98 bits per heavy atom. The third-order valence-corrected chi connectivity index (χ3v) is 8.66. The van der Waals surface area contributed by atoms with Crippen LogP contribution in [0.15, 0.2) is 27.7 Å². The second kappa shape index (κ2) is 16.9. The summed E-state index contributed by atoms with van der Waals surface area (Å²) in [5.74, 6) is -3.03. The zero-order valence-electron chi connectivity index (χ0n) is 22.2. The summed E-state index contributed by atoms with van der Waals surface area (Å²) in [6.07, 6.45) is -2.82. The zero-order chi connectivity index (χ0) is 32.3.